The first-order valence-corrected chi connectivity index (χ1v) is 5.92. The second-order valence-corrected chi connectivity index (χ2v) is 4.53. The first kappa shape index (κ1) is 12.4. The van der Waals surface area contributed by atoms with Crippen LogP contribution in [0.25, 0.3) is 0 Å². The highest BCUT2D eigenvalue weighted by Gasteiger charge is 2.11. The predicted molar refractivity (Wildman–Crippen MR) is 68.9 cm³/mol. The van der Waals surface area contributed by atoms with E-state index < -0.39 is 0 Å². The number of pyridine rings is 1. The molecule has 0 spiro atoms. The van der Waals surface area contributed by atoms with Gasteiger partial charge in [-0.2, -0.15) is 5.26 Å². The van der Waals surface area contributed by atoms with Crippen LogP contribution in [0.15, 0.2) is 28.5 Å². The Morgan fingerprint density at radius 3 is 2.56 bits per heavy atom. The summed E-state index contributed by atoms with van der Waals surface area (Å²) >= 11 is 7.11. The van der Waals surface area contributed by atoms with Gasteiger partial charge in [0.1, 0.15) is 22.7 Å². The van der Waals surface area contributed by atoms with E-state index in [1.54, 1.807) is 0 Å². The Morgan fingerprint density at radius 2 is 1.94 bits per heavy atom. The van der Waals surface area contributed by atoms with Gasteiger partial charge in [0.25, 0.3) is 0 Å². The number of anilines is 2. The normalized spacial score (nSPS) is 10.0. The lowest BCUT2D eigenvalue weighted by Gasteiger charge is -2.04. The standard InChI is InChI=1S/C10H7ClN6S/c11-8-5(4-12)1-2-15-9(8)18-10-16-6(13)3-7(14)17-10/h1-3H,(H4,13,14,16,17). The van der Waals surface area contributed by atoms with Crippen molar-refractivity contribution in [3.63, 3.8) is 0 Å². The number of nitrogens with zero attached hydrogens (tertiary/aromatic N) is 4. The third kappa shape index (κ3) is 2.61. The van der Waals surface area contributed by atoms with E-state index in [9.17, 15) is 0 Å². The van der Waals surface area contributed by atoms with E-state index in [4.69, 9.17) is 28.3 Å². The van der Waals surface area contributed by atoms with Gasteiger partial charge in [0.15, 0.2) is 5.16 Å². The Labute approximate surface area is 112 Å². The van der Waals surface area contributed by atoms with Gasteiger partial charge < -0.3 is 11.5 Å². The highest BCUT2D eigenvalue weighted by atomic mass is 35.5. The summed E-state index contributed by atoms with van der Waals surface area (Å²) in [6.45, 7) is 0. The van der Waals surface area contributed by atoms with E-state index in [0.717, 1.165) is 11.8 Å². The maximum atomic E-state index is 8.85. The maximum absolute atomic E-state index is 8.85. The van der Waals surface area contributed by atoms with Crippen molar-refractivity contribution in [1.82, 2.24) is 15.0 Å². The van der Waals surface area contributed by atoms with Crippen molar-refractivity contribution in [3.8, 4) is 6.07 Å². The fourth-order valence-corrected chi connectivity index (χ4v) is 2.23. The number of rotatable bonds is 2. The molecule has 0 atom stereocenters. The minimum Gasteiger partial charge on any atom is -0.383 e. The van der Waals surface area contributed by atoms with Gasteiger partial charge in [-0.25, -0.2) is 15.0 Å². The largest absolute Gasteiger partial charge is 0.383 e. The van der Waals surface area contributed by atoms with Gasteiger partial charge in [-0.1, -0.05) is 11.6 Å². The van der Waals surface area contributed by atoms with Crippen LogP contribution in [0.2, 0.25) is 5.02 Å². The van der Waals surface area contributed by atoms with Gasteiger partial charge in [-0.15, -0.1) is 0 Å². The molecular weight excluding hydrogens is 272 g/mol. The monoisotopic (exact) mass is 278 g/mol. The second-order valence-electron chi connectivity index (χ2n) is 3.19. The number of halogens is 1. The molecular formula is C10H7ClN6S. The van der Waals surface area contributed by atoms with E-state index in [-0.39, 0.29) is 16.7 Å². The van der Waals surface area contributed by atoms with Crippen LogP contribution in [0.1, 0.15) is 5.56 Å². The summed E-state index contributed by atoms with van der Waals surface area (Å²) in [5, 5.41) is 9.88. The summed E-state index contributed by atoms with van der Waals surface area (Å²) in [5.41, 5.74) is 11.5. The van der Waals surface area contributed by atoms with E-state index in [1.165, 1.54) is 18.3 Å². The zero-order valence-corrected chi connectivity index (χ0v) is 10.5. The topological polar surface area (TPSA) is 114 Å². The first-order chi connectivity index (χ1) is 8.60. The quantitative estimate of drug-likeness (QED) is 0.804. The van der Waals surface area contributed by atoms with Gasteiger partial charge in [0, 0.05) is 12.3 Å². The number of hydrogen-bond donors (Lipinski definition) is 2. The van der Waals surface area contributed by atoms with Crippen LogP contribution in [0.5, 0.6) is 0 Å². The lowest BCUT2D eigenvalue weighted by Crippen LogP contribution is -1.99. The Morgan fingerprint density at radius 1 is 1.28 bits per heavy atom. The van der Waals surface area contributed by atoms with E-state index in [0.29, 0.717) is 15.7 Å². The number of nitrogen functional groups attached to an aromatic ring is 2. The van der Waals surface area contributed by atoms with Crippen molar-refractivity contribution in [2.24, 2.45) is 0 Å². The Balaban J connectivity index is 2.37. The van der Waals surface area contributed by atoms with E-state index >= 15 is 0 Å². The van der Waals surface area contributed by atoms with Gasteiger partial charge >= 0.3 is 0 Å². The lowest BCUT2D eigenvalue weighted by atomic mass is 10.3. The molecule has 2 rings (SSSR count). The van der Waals surface area contributed by atoms with Crippen molar-refractivity contribution in [2.75, 3.05) is 11.5 Å². The molecule has 0 aromatic carbocycles. The molecule has 0 saturated carbocycles. The molecule has 6 nitrogen and oxygen atoms in total. The third-order valence-corrected chi connectivity index (χ3v) is 3.27. The molecule has 0 aliphatic rings. The Bertz CT molecular complexity index is 619. The molecule has 2 aromatic rings. The van der Waals surface area contributed by atoms with Crippen LogP contribution in [-0.2, 0) is 0 Å². The zero-order chi connectivity index (χ0) is 13.1. The molecule has 0 aliphatic carbocycles. The predicted octanol–water partition coefficient (Wildman–Crippen LogP) is 1.71. The summed E-state index contributed by atoms with van der Waals surface area (Å²) in [6, 6.07) is 4.95. The maximum Gasteiger partial charge on any atom is 0.197 e. The zero-order valence-electron chi connectivity index (χ0n) is 8.96. The Hall–Kier alpha value is -2.04. The molecule has 2 aromatic heterocycles. The fraction of sp³-hybridized carbons (Fsp3) is 0. The van der Waals surface area contributed by atoms with Gasteiger partial charge in [-0.05, 0) is 17.8 Å². The molecule has 0 fully saturated rings. The van der Waals surface area contributed by atoms with Crippen molar-refractivity contribution >= 4 is 35.0 Å². The SMILES string of the molecule is N#Cc1ccnc(Sc2nc(N)cc(N)n2)c1Cl. The minimum absolute atomic E-state index is 0.259. The van der Waals surface area contributed by atoms with Crippen LogP contribution >= 0.6 is 23.4 Å². The number of nitrogens with two attached hydrogens (primary N) is 2. The van der Waals surface area contributed by atoms with Gasteiger partial charge in [0.05, 0.1) is 10.6 Å². The van der Waals surface area contributed by atoms with Crippen LogP contribution in [0.4, 0.5) is 11.6 Å². The number of aromatic nitrogens is 3. The molecule has 0 aliphatic heterocycles. The number of nitriles is 1. The molecule has 0 unspecified atom stereocenters. The van der Waals surface area contributed by atoms with Crippen molar-refractivity contribution in [2.45, 2.75) is 10.2 Å². The van der Waals surface area contributed by atoms with Crippen molar-refractivity contribution in [3.05, 3.63) is 28.9 Å². The molecule has 8 heteroatoms. The lowest BCUT2D eigenvalue weighted by molar-refractivity contribution is 0.976. The molecule has 18 heavy (non-hydrogen) atoms. The smallest absolute Gasteiger partial charge is 0.197 e. The number of hydrogen-bond acceptors (Lipinski definition) is 7. The van der Waals surface area contributed by atoms with Crippen molar-refractivity contribution in [1.29, 1.82) is 5.26 Å². The molecule has 0 radical (unpaired) electrons. The van der Waals surface area contributed by atoms with E-state index in [2.05, 4.69) is 15.0 Å². The minimum atomic E-state index is 0.259. The average Bonchev–Trinajstić information content (AvgIpc) is 2.30. The summed E-state index contributed by atoms with van der Waals surface area (Å²) in [6.07, 6.45) is 1.49. The fourth-order valence-electron chi connectivity index (χ4n) is 1.18. The molecule has 90 valence electrons. The van der Waals surface area contributed by atoms with Crippen LogP contribution in [0, 0.1) is 11.3 Å². The van der Waals surface area contributed by atoms with Crippen LogP contribution in [0.3, 0.4) is 0 Å². The Kier molecular flexibility index (Phi) is 3.50. The summed E-state index contributed by atoms with van der Waals surface area (Å²) in [7, 11) is 0. The summed E-state index contributed by atoms with van der Waals surface area (Å²) < 4.78 is 0. The summed E-state index contributed by atoms with van der Waals surface area (Å²) in [4.78, 5) is 12.0. The third-order valence-electron chi connectivity index (χ3n) is 1.91. The molecule has 4 N–H and O–H groups in total. The average molecular weight is 279 g/mol. The molecule has 2 heterocycles. The van der Waals surface area contributed by atoms with E-state index in [1.807, 2.05) is 6.07 Å². The van der Waals surface area contributed by atoms with Crippen LogP contribution in [-0.4, -0.2) is 15.0 Å². The molecule has 0 amide bonds. The highest BCUT2D eigenvalue weighted by molar-refractivity contribution is 7.99. The second kappa shape index (κ2) is 5.08. The highest BCUT2D eigenvalue weighted by Crippen LogP contribution is 2.31. The molecule has 0 saturated heterocycles. The molecule has 0 bridgehead atoms. The first-order valence-electron chi connectivity index (χ1n) is 4.72. The summed E-state index contributed by atoms with van der Waals surface area (Å²) in [5.74, 6) is 0.523. The van der Waals surface area contributed by atoms with Crippen LogP contribution < -0.4 is 11.5 Å². The van der Waals surface area contributed by atoms with Gasteiger partial charge in [-0.3, -0.25) is 0 Å². The van der Waals surface area contributed by atoms with Gasteiger partial charge in [0.2, 0.25) is 0 Å². The van der Waals surface area contributed by atoms with Crippen molar-refractivity contribution < 1.29 is 0 Å².